The Morgan fingerprint density at radius 1 is 1.29 bits per heavy atom. The van der Waals surface area contributed by atoms with Gasteiger partial charge in [-0.15, -0.1) is 6.58 Å². The van der Waals surface area contributed by atoms with Gasteiger partial charge in [0.2, 0.25) is 0 Å². The van der Waals surface area contributed by atoms with E-state index in [0.717, 1.165) is 32.0 Å². The topological polar surface area (TPSA) is 63.6 Å². The number of hydrogen-bond acceptors (Lipinski definition) is 5. The second kappa shape index (κ2) is 7.46. The Morgan fingerprint density at radius 2 is 1.93 bits per heavy atom. The van der Waals surface area contributed by atoms with Crippen molar-refractivity contribution >= 4 is 24.9 Å². The van der Waals surface area contributed by atoms with Gasteiger partial charge in [-0.2, -0.15) is 12.6 Å². The van der Waals surface area contributed by atoms with Gasteiger partial charge in [-0.05, 0) is 55.3 Å². The molecular formula is C23H36O4S. The van der Waals surface area contributed by atoms with Crippen LogP contribution in [0.4, 0.5) is 0 Å². The fourth-order valence-electron chi connectivity index (χ4n) is 7.24. The minimum atomic E-state index is -0.590. The monoisotopic (exact) mass is 408 g/mol. The maximum atomic E-state index is 12.3. The van der Waals surface area contributed by atoms with Crippen LogP contribution in [-0.4, -0.2) is 35.3 Å². The summed E-state index contributed by atoms with van der Waals surface area (Å²) in [7, 11) is 0. The van der Waals surface area contributed by atoms with E-state index in [9.17, 15) is 14.7 Å². The van der Waals surface area contributed by atoms with Crippen molar-refractivity contribution in [2.24, 2.45) is 39.9 Å². The van der Waals surface area contributed by atoms with Crippen molar-refractivity contribution in [2.75, 3.05) is 5.75 Å². The first kappa shape index (κ1) is 21.9. The van der Waals surface area contributed by atoms with Crippen LogP contribution in [0.2, 0.25) is 0 Å². The second-order valence-electron chi connectivity index (χ2n) is 10.1. The van der Waals surface area contributed by atoms with Crippen LogP contribution in [0.3, 0.4) is 0 Å². The highest BCUT2D eigenvalue weighted by Gasteiger charge is 2.67. The van der Waals surface area contributed by atoms with Crippen LogP contribution in [0, 0.1) is 39.9 Å². The maximum absolute atomic E-state index is 12.3. The molecule has 5 heteroatoms. The van der Waals surface area contributed by atoms with Gasteiger partial charge in [0.1, 0.15) is 12.4 Å². The number of aliphatic hydroxyl groups excluding tert-OH is 1. The highest BCUT2D eigenvalue weighted by atomic mass is 32.1. The SMILES string of the molecule is C=C[C@]1(C)C[C@@H](OC(=O)CS)[C@]2(C)C(C)CCC3(CCC(C=O)C32)[C@@H](C)[C@@H]1O. The summed E-state index contributed by atoms with van der Waals surface area (Å²) in [6, 6.07) is 0. The summed E-state index contributed by atoms with van der Waals surface area (Å²) in [5.74, 6) is 0.121. The predicted molar refractivity (Wildman–Crippen MR) is 113 cm³/mol. The third-order valence-corrected chi connectivity index (χ3v) is 9.44. The molecular weight excluding hydrogens is 372 g/mol. The van der Waals surface area contributed by atoms with Gasteiger partial charge in [0.25, 0.3) is 0 Å². The number of aldehydes is 1. The summed E-state index contributed by atoms with van der Waals surface area (Å²) < 4.78 is 6.02. The van der Waals surface area contributed by atoms with Gasteiger partial charge >= 0.3 is 5.97 Å². The Labute approximate surface area is 174 Å². The number of hydrogen-bond donors (Lipinski definition) is 2. The average Bonchev–Trinajstić information content (AvgIpc) is 3.09. The molecule has 3 saturated carbocycles. The van der Waals surface area contributed by atoms with E-state index in [4.69, 9.17) is 4.74 Å². The van der Waals surface area contributed by atoms with E-state index in [1.165, 1.54) is 0 Å². The molecule has 158 valence electrons. The lowest BCUT2D eigenvalue weighted by Crippen LogP contribution is -2.63. The molecule has 0 aromatic heterocycles. The molecule has 9 atom stereocenters. The molecule has 28 heavy (non-hydrogen) atoms. The Hall–Kier alpha value is -0.810. The fourth-order valence-corrected chi connectivity index (χ4v) is 7.32. The molecule has 0 saturated heterocycles. The van der Waals surface area contributed by atoms with Gasteiger partial charge in [0.05, 0.1) is 11.9 Å². The average molecular weight is 409 g/mol. The van der Waals surface area contributed by atoms with Gasteiger partial charge in [-0.3, -0.25) is 4.79 Å². The van der Waals surface area contributed by atoms with Crippen LogP contribution in [-0.2, 0) is 14.3 Å². The van der Waals surface area contributed by atoms with E-state index in [1.54, 1.807) is 0 Å². The normalized spacial score (nSPS) is 50.8. The first-order valence-corrected chi connectivity index (χ1v) is 11.3. The van der Waals surface area contributed by atoms with Crippen molar-refractivity contribution in [3.05, 3.63) is 12.7 Å². The highest BCUT2D eigenvalue weighted by Crippen LogP contribution is 2.70. The molecule has 3 rings (SSSR count). The van der Waals surface area contributed by atoms with E-state index in [-0.39, 0.29) is 46.4 Å². The zero-order valence-corrected chi connectivity index (χ0v) is 18.6. The third-order valence-electron chi connectivity index (χ3n) is 9.18. The molecule has 3 aliphatic rings. The minimum absolute atomic E-state index is 0.0254. The number of carbonyl (C=O) groups excluding carboxylic acids is 2. The molecule has 0 amide bonds. The number of rotatable bonds is 4. The lowest BCUT2D eigenvalue weighted by molar-refractivity contribution is -0.211. The molecule has 3 fully saturated rings. The maximum Gasteiger partial charge on any atom is 0.315 e. The van der Waals surface area contributed by atoms with Gasteiger partial charge in [-0.1, -0.05) is 33.8 Å². The molecule has 2 bridgehead atoms. The van der Waals surface area contributed by atoms with Crippen LogP contribution in [0.25, 0.3) is 0 Å². The summed E-state index contributed by atoms with van der Waals surface area (Å²) >= 11 is 4.11. The van der Waals surface area contributed by atoms with Crippen molar-refractivity contribution in [2.45, 2.75) is 72.0 Å². The van der Waals surface area contributed by atoms with Crippen molar-refractivity contribution < 1.29 is 19.4 Å². The Morgan fingerprint density at radius 3 is 2.50 bits per heavy atom. The van der Waals surface area contributed by atoms with E-state index in [1.807, 2.05) is 13.0 Å². The lowest BCUT2D eigenvalue weighted by atomic mass is 9.43. The van der Waals surface area contributed by atoms with E-state index >= 15 is 0 Å². The largest absolute Gasteiger partial charge is 0.461 e. The van der Waals surface area contributed by atoms with Crippen molar-refractivity contribution in [1.82, 2.24) is 0 Å². The smallest absolute Gasteiger partial charge is 0.315 e. The summed E-state index contributed by atoms with van der Waals surface area (Å²) in [5, 5.41) is 11.5. The van der Waals surface area contributed by atoms with Crippen molar-refractivity contribution in [1.29, 1.82) is 0 Å². The van der Waals surface area contributed by atoms with E-state index in [2.05, 4.69) is 40.0 Å². The molecule has 3 aliphatic carbocycles. The summed E-state index contributed by atoms with van der Waals surface area (Å²) in [6.45, 7) is 12.7. The molecule has 0 radical (unpaired) electrons. The van der Waals surface area contributed by atoms with E-state index in [0.29, 0.717) is 12.3 Å². The zero-order chi connectivity index (χ0) is 20.9. The third kappa shape index (κ3) is 2.91. The summed E-state index contributed by atoms with van der Waals surface area (Å²) in [5.41, 5.74) is -0.989. The number of ether oxygens (including phenoxy) is 1. The zero-order valence-electron chi connectivity index (χ0n) is 17.7. The van der Waals surface area contributed by atoms with Gasteiger partial charge < -0.3 is 14.6 Å². The molecule has 4 nitrogen and oxygen atoms in total. The minimum Gasteiger partial charge on any atom is -0.461 e. The number of esters is 1. The fraction of sp³-hybridized carbons (Fsp3) is 0.826. The first-order valence-electron chi connectivity index (χ1n) is 10.7. The molecule has 4 unspecified atom stereocenters. The van der Waals surface area contributed by atoms with Gasteiger partial charge in [-0.25, -0.2) is 0 Å². The standard InChI is InChI=1S/C23H36O4S/c1-6-21(4)11-17(27-18(25)13-28)22(5)14(2)7-9-23(15(3)20(21)26)10-8-16(12-24)19(22)23/h6,12,14-17,19-20,26,28H,1,7-11,13H2,2-5H3/t14?,15-,16?,17+,19?,20-,21+,22-,23?/m0/s1. The Bertz CT molecular complexity index is 651. The van der Waals surface area contributed by atoms with Crippen LogP contribution in [0.5, 0.6) is 0 Å². The molecule has 1 N–H and O–H groups in total. The Balaban J connectivity index is 2.22. The van der Waals surface area contributed by atoms with Crippen LogP contribution in [0.1, 0.15) is 59.8 Å². The Kier molecular flexibility index (Phi) is 5.83. The van der Waals surface area contributed by atoms with E-state index < -0.39 is 11.5 Å². The van der Waals surface area contributed by atoms with Gasteiger partial charge in [0.15, 0.2) is 0 Å². The summed E-state index contributed by atoms with van der Waals surface area (Å²) in [6.07, 6.45) is 6.34. The quantitative estimate of drug-likeness (QED) is 0.319. The van der Waals surface area contributed by atoms with Crippen LogP contribution in [0.15, 0.2) is 12.7 Å². The first-order chi connectivity index (χ1) is 13.1. The van der Waals surface area contributed by atoms with Crippen LogP contribution >= 0.6 is 12.6 Å². The predicted octanol–water partition coefficient (Wildman–Crippen LogP) is 4.07. The molecule has 0 aromatic rings. The lowest BCUT2D eigenvalue weighted by Gasteiger charge is -2.63. The van der Waals surface area contributed by atoms with Crippen molar-refractivity contribution in [3.8, 4) is 0 Å². The van der Waals surface area contributed by atoms with Gasteiger partial charge in [0, 0.05) is 16.7 Å². The van der Waals surface area contributed by atoms with Crippen LogP contribution < -0.4 is 0 Å². The molecule has 0 spiro atoms. The number of thiol groups is 1. The molecule has 0 aliphatic heterocycles. The second-order valence-corrected chi connectivity index (χ2v) is 10.5. The summed E-state index contributed by atoms with van der Waals surface area (Å²) in [4.78, 5) is 24.4. The number of carbonyl (C=O) groups is 2. The highest BCUT2D eigenvalue weighted by molar-refractivity contribution is 7.81. The molecule has 0 aromatic carbocycles. The van der Waals surface area contributed by atoms with Crippen molar-refractivity contribution in [3.63, 3.8) is 0 Å². The molecule has 0 heterocycles. The number of aliphatic hydroxyl groups is 1.